The summed E-state index contributed by atoms with van der Waals surface area (Å²) < 4.78 is 12.5. The van der Waals surface area contributed by atoms with E-state index in [0.29, 0.717) is 5.70 Å². The second-order valence-electron chi connectivity index (χ2n) is 3.09. The zero-order valence-electron chi connectivity index (χ0n) is 8.76. The number of halogens is 1. The van der Waals surface area contributed by atoms with Crippen molar-refractivity contribution in [3.8, 4) is 0 Å². The molecule has 0 aliphatic heterocycles. The summed E-state index contributed by atoms with van der Waals surface area (Å²) in [5.74, 6) is 0.505. The van der Waals surface area contributed by atoms with Gasteiger partial charge in [0.1, 0.15) is 5.82 Å². The summed E-state index contributed by atoms with van der Waals surface area (Å²) in [6, 6.07) is 0. The average Bonchev–Trinajstić information content (AvgIpc) is 2.00. The lowest BCUT2D eigenvalue weighted by Gasteiger charge is -2.27. The van der Waals surface area contributed by atoms with Crippen molar-refractivity contribution in [3.05, 3.63) is 36.6 Å². The number of rotatable bonds is 4. The predicted octanol–water partition coefficient (Wildman–Crippen LogP) is 2.34. The molecule has 0 atom stereocenters. The van der Waals surface area contributed by atoms with Crippen molar-refractivity contribution in [2.75, 3.05) is 21.1 Å². The fraction of sp³-hybridized carbons (Fsp3) is 0.400. The molecule has 0 amide bonds. The van der Waals surface area contributed by atoms with Crippen LogP contribution in [0.2, 0.25) is 0 Å². The predicted molar refractivity (Wildman–Crippen MR) is 54.6 cm³/mol. The third-order valence-electron chi connectivity index (χ3n) is 1.70. The van der Waals surface area contributed by atoms with Crippen LogP contribution in [0.3, 0.4) is 0 Å². The molecule has 0 N–H and O–H groups in total. The maximum atomic E-state index is 12.5. The summed E-state index contributed by atoms with van der Waals surface area (Å²) in [6.45, 7) is 8.93. The first-order chi connectivity index (χ1) is 5.86. The normalized spacial score (nSPS) is 11.0. The van der Waals surface area contributed by atoms with Gasteiger partial charge in [0.25, 0.3) is 0 Å². The Morgan fingerprint density at radius 3 is 2.00 bits per heavy atom. The van der Waals surface area contributed by atoms with Crippen molar-refractivity contribution < 1.29 is 4.39 Å². The minimum Gasteiger partial charge on any atom is -0.365 e. The molecule has 0 saturated carbocycles. The number of nitrogens with zero attached hydrogens (tertiary/aromatic N) is 2. The molecule has 0 aromatic heterocycles. The van der Waals surface area contributed by atoms with Crippen LogP contribution in [-0.4, -0.2) is 30.9 Å². The maximum Gasteiger partial charge on any atom is 0.100 e. The molecule has 2 nitrogen and oxygen atoms in total. The Labute approximate surface area is 79.6 Å². The van der Waals surface area contributed by atoms with E-state index < -0.39 is 0 Å². The van der Waals surface area contributed by atoms with Crippen molar-refractivity contribution in [3.63, 3.8) is 0 Å². The Kier molecular flexibility index (Phi) is 4.25. The summed E-state index contributed by atoms with van der Waals surface area (Å²) in [5, 5.41) is 0. The fourth-order valence-electron chi connectivity index (χ4n) is 0.792. The largest absolute Gasteiger partial charge is 0.365 e. The van der Waals surface area contributed by atoms with Gasteiger partial charge in [-0.3, -0.25) is 0 Å². The lowest BCUT2D eigenvalue weighted by atomic mass is 10.3. The van der Waals surface area contributed by atoms with E-state index in [1.165, 1.54) is 13.0 Å². The Morgan fingerprint density at radius 2 is 1.69 bits per heavy atom. The molecule has 0 spiro atoms. The third kappa shape index (κ3) is 3.78. The summed E-state index contributed by atoms with van der Waals surface area (Å²) in [5.41, 5.74) is 0.582. The molecule has 0 bridgehead atoms. The monoisotopic (exact) mass is 184 g/mol. The molecule has 0 rings (SSSR count). The molecule has 13 heavy (non-hydrogen) atoms. The van der Waals surface area contributed by atoms with Gasteiger partial charge in [0.15, 0.2) is 0 Å². The van der Waals surface area contributed by atoms with Gasteiger partial charge in [-0.2, -0.15) is 0 Å². The average molecular weight is 184 g/mol. The quantitative estimate of drug-likeness (QED) is 0.619. The molecule has 3 heteroatoms. The van der Waals surface area contributed by atoms with Gasteiger partial charge in [0, 0.05) is 26.8 Å². The van der Waals surface area contributed by atoms with E-state index in [4.69, 9.17) is 0 Å². The minimum absolute atomic E-state index is 0.261. The van der Waals surface area contributed by atoms with Gasteiger partial charge in [0.05, 0.1) is 5.83 Å². The van der Waals surface area contributed by atoms with E-state index in [9.17, 15) is 4.39 Å². The Hall–Kier alpha value is -1.25. The second-order valence-corrected chi connectivity index (χ2v) is 3.09. The van der Waals surface area contributed by atoms with E-state index in [0.717, 1.165) is 5.82 Å². The summed E-state index contributed by atoms with van der Waals surface area (Å²) in [7, 11) is 5.54. The molecule has 74 valence electrons. The van der Waals surface area contributed by atoms with E-state index in [2.05, 4.69) is 13.2 Å². The molecular formula is C10H17FN2. The van der Waals surface area contributed by atoms with Gasteiger partial charge in [-0.05, 0) is 13.0 Å². The molecule has 0 aliphatic rings. The molecule has 0 heterocycles. The van der Waals surface area contributed by atoms with Crippen LogP contribution >= 0.6 is 0 Å². The van der Waals surface area contributed by atoms with Crippen LogP contribution < -0.4 is 0 Å². The molecule has 0 aliphatic carbocycles. The van der Waals surface area contributed by atoms with Gasteiger partial charge in [-0.1, -0.05) is 13.2 Å². The first-order valence-electron chi connectivity index (χ1n) is 3.99. The van der Waals surface area contributed by atoms with Crippen LogP contribution in [0.25, 0.3) is 0 Å². The molecule has 0 fully saturated rings. The van der Waals surface area contributed by atoms with E-state index in [1.54, 1.807) is 11.9 Å². The highest BCUT2D eigenvalue weighted by Gasteiger charge is 2.05. The van der Waals surface area contributed by atoms with Gasteiger partial charge in [-0.25, -0.2) is 4.39 Å². The number of hydrogen-bond donors (Lipinski definition) is 0. The number of hydrogen-bond acceptors (Lipinski definition) is 2. The summed E-state index contributed by atoms with van der Waals surface area (Å²) in [6.07, 6.45) is 1.37. The fourth-order valence-corrected chi connectivity index (χ4v) is 0.792. The minimum atomic E-state index is -0.261. The first kappa shape index (κ1) is 11.8. The van der Waals surface area contributed by atoms with Crippen LogP contribution in [0.1, 0.15) is 6.92 Å². The highest BCUT2D eigenvalue weighted by atomic mass is 19.1. The Morgan fingerprint density at radius 1 is 1.23 bits per heavy atom. The number of likely N-dealkylation sites (N-methyl/N-ethyl adjacent to an activating group) is 1. The molecule has 0 unspecified atom stereocenters. The molecular weight excluding hydrogens is 167 g/mol. The van der Waals surface area contributed by atoms with E-state index in [-0.39, 0.29) is 5.83 Å². The van der Waals surface area contributed by atoms with Crippen LogP contribution in [0.15, 0.2) is 36.6 Å². The van der Waals surface area contributed by atoms with Crippen LogP contribution in [-0.2, 0) is 0 Å². The van der Waals surface area contributed by atoms with Crippen LogP contribution in [0.4, 0.5) is 4.39 Å². The van der Waals surface area contributed by atoms with Gasteiger partial charge in [-0.15, -0.1) is 0 Å². The lowest BCUT2D eigenvalue weighted by Crippen LogP contribution is -2.25. The van der Waals surface area contributed by atoms with Crippen molar-refractivity contribution in [2.45, 2.75) is 6.92 Å². The van der Waals surface area contributed by atoms with Crippen molar-refractivity contribution in [1.82, 2.24) is 9.80 Å². The van der Waals surface area contributed by atoms with Gasteiger partial charge in [0.2, 0.25) is 0 Å². The molecule has 0 radical (unpaired) electrons. The van der Waals surface area contributed by atoms with Gasteiger partial charge < -0.3 is 9.80 Å². The standard InChI is InChI=1S/C10H17FN2/c1-8(11)7-9(2)13(6)10(3)12(4)5/h7H,2-3H2,1,4-6H3/b8-7+. The van der Waals surface area contributed by atoms with E-state index >= 15 is 0 Å². The van der Waals surface area contributed by atoms with Gasteiger partial charge >= 0.3 is 0 Å². The van der Waals surface area contributed by atoms with E-state index in [1.807, 2.05) is 19.0 Å². The van der Waals surface area contributed by atoms with Crippen LogP contribution in [0.5, 0.6) is 0 Å². The van der Waals surface area contributed by atoms with Crippen molar-refractivity contribution in [2.24, 2.45) is 0 Å². The lowest BCUT2D eigenvalue weighted by molar-refractivity contribution is 0.357. The van der Waals surface area contributed by atoms with Crippen LogP contribution in [0, 0.1) is 0 Å². The van der Waals surface area contributed by atoms with Crippen molar-refractivity contribution >= 4 is 0 Å². The first-order valence-corrected chi connectivity index (χ1v) is 3.99. The molecule has 0 aromatic carbocycles. The Bertz CT molecular complexity index is 237. The highest BCUT2D eigenvalue weighted by Crippen LogP contribution is 2.11. The summed E-state index contributed by atoms with van der Waals surface area (Å²) in [4.78, 5) is 3.57. The highest BCUT2D eigenvalue weighted by molar-refractivity contribution is 5.19. The zero-order chi connectivity index (χ0) is 10.6. The second kappa shape index (κ2) is 4.70. The molecule has 0 saturated heterocycles. The maximum absolute atomic E-state index is 12.5. The topological polar surface area (TPSA) is 6.48 Å². The zero-order valence-corrected chi connectivity index (χ0v) is 8.76. The third-order valence-corrected chi connectivity index (χ3v) is 1.70. The Balaban J connectivity index is 4.44. The molecule has 0 aromatic rings. The number of allylic oxidation sites excluding steroid dienone is 2. The summed E-state index contributed by atoms with van der Waals surface area (Å²) >= 11 is 0. The van der Waals surface area contributed by atoms with Crippen molar-refractivity contribution in [1.29, 1.82) is 0 Å². The smallest absolute Gasteiger partial charge is 0.100 e. The SMILES string of the molecule is C=C(/C=C(\C)F)N(C)C(=C)N(C)C.